The van der Waals surface area contributed by atoms with Crippen LogP contribution in [0.4, 0.5) is 0 Å². The number of hydrogen-bond donors (Lipinski definition) is 0. The molecule has 0 bridgehead atoms. The van der Waals surface area contributed by atoms with Crippen LogP contribution in [0.5, 0.6) is 5.88 Å². The third-order valence-electron chi connectivity index (χ3n) is 5.81. The van der Waals surface area contributed by atoms with Gasteiger partial charge in [-0.3, -0.25) is 0 Å². The van der Waals surface area contributed by atoms with E-state index in [1.165, 1.54) is 0 Å². The van der Waals surface area contributed by atoms with Crippen LogP contribution in [0, 0.1) is 6.92 Å². The minimum Gasteiger partial charge on any atom is -0.476 e. The molecular formula is C27H24N4O2. The lowest BCUT2D eigenvalue weighted by Crippen LogP contribution is -2.39. The van der Waals surface area contributed by atoms with Gasteiger partial charge in [-0.25, -0.2) is 9.67 Å². The molecule has 5 rings (SSSR count). The molecule has 0 fully saturated rings. The van der Waals surface area contributed by atoms with Gasteiger partial charge in [0.1, 0.15) is 11.9 Å². The first-order valence-corrected chi connectivity index (χ1v) is 10.9. The zero-order valence-electron chi connectivity index (χ0n) is 18.6. The zero-order valence-corrected chi connectivity index (χ0v) is 18.6. The number of benzene rings is 3. The Morgan fingerprint density at radius 2 is 1.33 bits per heavy atom. The van der Waals surface area contributed by atoms with Gasteiger partial charge in [0, 0.05) is 0 Å². The molecule has 0 aliphatic heterocycles. The molecule has 0 atom stereocenters. The maximum atomic E-state index is 5.74. The lowest BCUT2D eigenvalue weighted by atomic mass is 9.77. The van der Waals surface area contributed by atoms with Crippen LogP contribution in [0.1, 0.15) is 29.2 Å². The molecule has 5 aromatic rings. The molecule has 164 valence electrons. The van der Waals surface area contributed by atoms with Crippen molar-refractivity contribution in [3.8, 4) is 17.5 Å². The van der Waals surface area contributed by atoms with Crippen molar-refractivity contribution in [1.29, 1.82) is 0 Å². The average molecular weight is 437 g/mol. The zero-order chi connectivity index (χ0) is 22.7. The number of ether oxygens (including phenoxy) is 1. The summed E-state index contributed by atoms with van der Waals surface area (Å²) in [7, 11) is 0. The summed E-state index contributed by atoms with van der Waals surface area (Å²) < 4.78 is 13.3. The second kappa shape index (κ2) is 8.74. The van der Waals surface area contributed by atoms with Gasteiger partial charge in [-0.1, -0.05) is 91.0 Å². The summed E-state index contributed by atoms with van der Waals surface area (Å²) in [5.41, 5.74) is 3.15. The molecule has 6 nitrogen and oxygen atoms in total. The molecule has 2 heterocycles. The van der Waals surface area contributed by atoms with E-state index in [2.05, 4.69) is 46.5 Å². The molecule has 0 aliphatic carbocycles. The van der Waals surface area contributed by atoms with Crippen molar-refractivity contribution in [2.24, 2.45) is 0 Å². The van der Waals surface area contributed by atoms with Gasteiger partial charge in [0.25, 0.3) is 5.88 Å². The third-order valence-corrected chi connectivity index (χ3v) is 5.81. The second-order valence-corrected chi connectivity index (χ2v) is 7.68. The van der Waals surface area contributed by atoms with Crippen molar-refractivity contribution < 1.29 is 9.26 Å². The summed E-state index contributed by atoms with van der Waals surface area (Å²) >= 11 is 0. The fourth-order valence-electron chi connectivity index (χ4n) is 4.35. The van der Waals surface area contributed by atoms with Crippen LogP contribution < -0.4 is 4.74 Å². The van der Waals surface area contributed by atoms with Crippen LogP contribution in [-0.2, 0) is 5.54 Å². The van der Waals surface area contributed by atoms with Gasteiger partial charge in [-0.15, -0.1) is 0 Å². The van der Waals surface area contributed by atoms with Crippen LogP contribution in [0.15, 0.2) is 102 Å². The average Bonchev–Trinajstić information content (AvgIpc) is 3.49. The molecule has 6 heteroatoms. The Balaban J connectivity index is 1.86. The van der Waals surface area contributed by atoms with E-state index < -0.39 is 5.54 Å². The lowest BCUT2D eigenvalue weighted by molar-refractivity contribution is 0.295. The van der Waals surface area contributed by atoms with Crippen LogP contribution in [0.2, 0.25) is 0 Å². The molecule has 3 aromatic carbocycles. The fraction of sp³-hybridized carbons (Fsp3) is 0.148. The topological polar surface area (TPSA) is 66.0 Å². The maximum absolute atomic E-state index is 5.74. The molecule has 0 amide bonds. The van der Waals surface area contributed by atoms with Gasteiger partial charge in [-0.05, 0) is 35.7 Å². The van der Waals surface area contributed by atoms with Gasteiger partial charge in [0.05, 0.1) is 12.2 Å². The molecule has 0 saturated heterocycles. The van der Waals surface area contributed by atoms with Crippen LogP contribution in [0.25, 0.3) is 11.6 Å². The molecule has 0 radical (unpaired) electrons. The Bertz CT molecular complexity index is 1230. The van der Waals surface area contributed by atoms with Gasteiger partial charge in [0.15, 0.2) is 5.82 Å². The van der Waals surface area contributed by atoms with Crippen LogP contribution in [-0.4, -0.2) is 26.5 Å². The minimum atomic E-state index is -0.791. The van der Waals surface area contributed by atoms with E-state index in [1.807, 2.05) is 73.1 Å². The maximum Gasteiger partial charge on any atom is 0.257 e. The van der Waals surface area contributed by atoms with Gasteiger partial charge in [-0.2, -0.15) is 5.10 Å². The van der Waals surface area contributed by atoms with Crippen molar-refractivity contribution >= 4 is 0 Å². The highest BCUT2D eigenvalue weighted by Crippen LogP contribution is 2.43. The van der Waals surface area contributed by atoms with Gasteiger partial charge in [0.2, 0.25) is 5.76 Å². The predicted molar refractivity (Wildman–Crippen MR) is 126 cm³/mol. The summed E-state index contributed by atoms with van der Waals surface area (Å²) in [5.74, 6) is 1.57. The molecule has 0 N–H and O–H groups in total. The highest BCUT2D eigenvalue weighted by atomic mass is 16.5. The first-order valence-electron chi connectivity index (χ1n) is 10.9. The third kappa shape index (κ3) is 3.40. The quantitative estimate of drug-likeness (QED) is 0.316. The van der Waals surface area contributed by atoms with Crippen molar-refractivity contribution in [1.82, 2.24) is 19.9 Å². The van der Waals surface area contributed by atoms with E-state index in [1.54, 1.807) is 6.33 Å². The van der Waals surface area contributed by atoms with E-state index in [0.717, 1.165) is 22.3 Å². The molecular weight excluding hydrogens is 412 g/mol. The Kier molecular flexibility index (Phi) is 5.48. The Labute approximate surface area is 192 Å². The minimum absolute atomic E-state index is 0.465. The molecule has 2 aromatic heterocycles. The summed E-state index contributed by atoms with van der Waals surface area (Å²) in [6.07, 6.45) is 1.56. The Morgan fingerprint density at radius 1 is 0.818 bits per heavy atom. The smallest absolute Gasteiger partial charge is 0.257 e. The molecule has 0 aliphatic rings. The summed E-state index contributed by atoms with van der Waals surface area (Å²) in [5, 5.41) is 8.89. The number of rotatable bonds is 7. The van der Waals surface area contributed by atoms with Crippen molar-refractivity contribution in [3.05, 3.63) is 120 Å². The molecule has 33 heavy (non-hydrogen) atoms. The standard InChI is InChI=1S/C27H24N4O2/c1-3-32-26-20(2)24(33-30-26)25-28-19-29-31(25)27(21-13-7-4-8-14-21,22-15-9-5-10-16-22)23-17-11-6-12-18-23/h4-19H,3H2,1-2H3. The van der Waals surface area contributed by atoms with Crippen LogP contribution >= 0.6 is 0 Å². The van der Waals surface area contributed by atoms with Gasteiger partial charge < -0.3 is 9.26 Å². The highest BCUT2D eigenvalue weighted by molar-refractivity contribution is 5.59. The lowest BCUT2D eigenvalue weighted by Gasteiger charge is -2.36. The first-order chi connectivity index (χ1) is 16.3. The normalized spacial score (nSPS) is 11.5. The SMILES string of the molecule is CCOc1noc(-c2ncnn2C(c2ccccc2)(c2ccccc2)c2ccccc2)c1C. The first kappa shape index (κ1) is 20.7. The molecule has 0 spiro atoms. The fourth-order valence-corrected chi connectivity index (χ4v) is 4.35. The monoisotopic (exact) mass is 436 g/mol. The number of aromatic nitrogens is 4. The van der Waals surface area contributed by atoms with Crippen molar-refractivity contribution in [2.75, 3.05) is 6.61 Å². The Hall–Kier alpha value is -4.19. The van der Waals surface area contributed by atoms with Crippen LogP contribution in [0.3, 0.4) is 0 Å². The highest BCUT2D eigenvalue weighted by Gasteiger charge is 2.42. The largest absolute Gasteiger partial charge is 0.476 e. The summed E-state index contributed by atoms with van der Waals surface area (Å²) in [6, 6.07) is 31.0. The van der Waals surface area contributed by atoms with E-state index in [-0.39, 0.29) is 0 Å². The van der Waals surface area contributed by atoms with E-state index in [4.69, 9.17) is 14.4 Å². The summed E-state index contributed by atoms with van der Waals surface area (Å²) in [4.78, 5) is 4.63. The predicted octanol–water partition coefficient (Wildman–Crippen LogP) is 5.48. The summed E-state index contributed by atoms with van der Waals surface area (Å²) in [6.45, 7) is 4.34. The molecule has 0 unspecified atom stereocenters. The van der Waals surface area contributed by atoms with E-state index >= 15 is 0 Å². The second-order valence-electron chi connectivity index (χ2n) is 7.68. The Morgan fingerprint density at radius 3 is 1.82 bits per heavy atom. The van der Waals surface area contributed by atoms with Gasteiger partial charge >= 0.3 is 0 Å². The van der Waals surface area contributed by atoms with Crippen molar-refractivity contribution in [2.45, 2.75) is 19.4 Å². The van der Waals surface area contributed by atoms with E-state index in [9.17, 15) is 0 Å². The van der Waals surface area contributed by atoms with Crippen molar-refractivity contribution in [3.63, 3.8) is 0 Å². The number of nitrogens with zero attached hydrogens (tertiary/aromatic N) is 4. The van der Waals surface area contributed by atoms with E-state index in [0.29, 0.717) is 24.1 Å². The molecule has 0 saturated carbocycles. The number of hydrogen-bond acceptors (Lipinski definition) is 5.